The van der Waals surface area contributed by atoms with E-state index in [-0.39, 0.29) is 0 Å². The van der Waals surface area contributed by atoms with E-state index in [0.717, 1.165) is 19.4 Å². The van der Waals surface area contributed by atoms with Crippen molar-refractivity contribution in [1.82, 2.24) is 5.32 Å². The number of rotatable bonds is 8. The molecule has 1 heteroatoms. The molecule has 0 saturated carbocycles. The summed E-state index contributed by atoms with van der Waals surface area (Å²) in [5.74, 6) is 0. The van der Waals surface area contributed by atoms with Crippen LogP contribution < -0.4 is 5.32 Å². The Morgan fingerprint density at radius 2 is 1.27 bits per heavy atom. The zero-order chi connectivity index (χ0) is 18.0. The van der Waals surface area contributed by atoms with E-state index in [1.54, 1.807) is 0 Å². The molecule has 132 valence electrons. The number of nitrogens with one attached hydrogen (secondary N) is 1. The van der Waals surface area contributed by atoms with Gasteiger partial charge in [0.25, 0.3) is 0 Å². The average Bonchev–Trinajstić information content (AvgIpc) is 2.72. The summed E-state index contributed by atoms with van der Waals surface area (Å²) in [5.41, 5.74) is 5.23. The maximum absolute atomic E-state index is 3.62. The van der Waals surface area contributed by atoms with Gasteiger partial charge in [-0.3, -0.25) is 0 Å². The van der Waals surface area contributed by atoms with Crippen molar-refractivity contribution in [3.05, 3.63) is 114 Å². The fourth-order valence-electron chi connectivity index (χ4n) is 3.16. The molecule has 0 spiro atoms. The Balaban J connectivity index is 1.59. The van der Waals surface area contributed by atoms with Crippen molar-refractivity contribution in [2.75, 3.05) is 6.54 Å². The van der Waals surface area contributed by atoms with Crippen molar-refractivity contribution < 1.29 is 0 Å². The number of hydrogen-bond acceptors (Lipinski definition) is 1. The number of unbranched alkanes of at least 4 members (excludes halogenated alkanes) is 1. The van der Waals surface area contributed by atoms with Crippen LogP contribution in [0.2, 0.25) is 0 Å². The van der Waals surface area contributed by atoms with Crippen LogP contribution in [0.3, 0.4) is 0 Å². The Hall–Kier alpha value is -2.64. The summed E-state index contributed by atoms with van der Waals surface area (Å²) in [7, 11) is 0. The molecule has 1 unspecified atom stereocenters. The van der Waals surface area contributed by atoms with Crippen molar-refractivity contribution >= 4 is 5.57 Å². The molecule has 0 aliphatic rings. The minimum Gasteiger partial charge on any atom is -0.310 e. The molecule has 0 radical (unpaired) electrons. The van der Waals surface area contributed by atoms with E-state index in [0.29, 0.717) is 6.04 Å². The minimum atomic E-state index is 0.392. The summed E-state index contributed by atoms with van der Waals surface area (Å²) >= 11 is 0. The molecule has 0 bridgehead atoms. The lowest BCUT2D eigenvalue weighted by Crippen LogP contribution is -2.19. The van der Waals surface area contributed by atoms with E-state index in [1.165, 1.54) is 22.3 Å². The minimum absolute atomic E-state index is 0.392. The van der Waals surface area contributed by atoms with Crippen LogP contribution in [0.25, 0.3) is 5.57 Å². The highest BCUT2D eigenvalue weighted by Crippen LogP contribution is 2.24. The summed E-state index contributed by atoms with van der Waals surface area (Å²) in [4.78, 5) is 0. The van der Waals surface area contributed by atoms with E-state index >= 15 is 0 Å². The van der Waals surface area contributed by atoms with Gasteiger partial charge in [0.2, 0.25) is 0 Å². The highest BCUT2D eigenvalue weighted by atomic mass is 14.9. The molecule has 0 amide bonds. The Bertz CT molecular complexity index is 750. The summed E-state index contributed by atoms with van der Waals surface area (Å²) in [5, 5.41) is 3.62. The van der Waals surface area contributed by atoms with Crippen LogP contribution in [0.5, 0.6) is 0 Å². The van der Waals surface area contributed by atoms with Gasteiger partial charge in [-0.1, -0.05) is 97.1 Å². The molecule has 1 atom stereocenters. The van der Waals surface area contributed by atoms with Crippen LogP contribution in [-0.4, -0.2) is 6.54 Å². The second-order valence-electron chi connectivity index (χ2n) is 6.58. The zero-order valence-corrected chi connectivity index (χ0v) is 15.4. The summed E-state index contributed by atoms with van der Waals surface area (Å²) in [6.07, 6.45) is 4.56. The molecule has 3 aromatic carbocycles. The second-order valence-corrected chi connectivity index (χ2v) is 6.58. The normalized spacial score (nSPS) is 11.7. The molecule has 0 aliphatic heterocycles. The lowest BCUT2D eigenvalue weighted by Gasteiger charge is -2.14. The molecule has 26 heavy (non-hydrogen) atoms. The van der Waals surface area contributed by atoms with Gasteiger partial charge in [0.15, 0.2) is 0 Å². The quantitative estimate of drug-likeness (QED) is 0.478. The molecular formula is C25H27N. The van der Waals surface area contributed by atoms with E-state index in [9.17, 15) is 0 Å². The lowest BCUT2D eigenvalue weighted by atomic mass is 9.96. The molecular weight excluding hydrogens is 314 g/mol. The maximum atomic E-state index is 3.62. The Morgan fingerprint density at radius 1 is 0.769 bits per heavy atom. The third kappa shape index (κ3) is 5.18. The fraction of sp³-hybridized carbons (Fsp3) is 0.200. The van der Waals surface area contributed by atoms with Gasteiger partial charge in [0, 0.05) is 6.04 Å². The van der Waals surface area contributed by atoms with Crippen molar-refractivity contribution in [3.8, 4) is 0 Å². The van der Waals surface area contributed by atoms with Gasteiger partial charge in [0.1, 0.15) is 0 Å². The highest BCUT2D eigenvalue weighted by Gasteiger charge is 2.05. The third-order valence-electron chi connectivity index (χ3n) is 4.65. The largest absolute Gasteiger partial charge is 0.310 e. The first-order chi connectivity index (χ1) is 12.8. The predicted octanol–water partition coefficient (Wildman–Crippen LogP) is 6.25. The van der Waals surface area contributed by atoms with Gasteiger partial charge in [-0.25, -0.2) is 0 Å². The van der Waals surface area contributed by atoms with Crippen LogP contribution in [-0.2, 0) is 0 Å². The summed E-state index contributed by atoms with van der Waals surface area (Å²) in [6.45, 7) is 3.24. The highest BCUT2D eigenvalue weighted by molar-refractivity contribution is 5.79. The standard InChI is InChI=1S/C25H27N/c1-21(22-13-5-2-6-14-22)26-20-12-11-19-25(23-15-7-3-8-16-23)24-17-9-4-10-18-24/h2-10,13-19,21,26H,11-12,20H2,1H3. The van der Waals surface area contributed by atoms with Gasteiger partial charge < -0.3 is 5.32 Å². The number of hydrogen-bond donors (Lipinski definition) is 1. The van der Waals surface area contributed by atoms with Crippen LogP contribution in [0, 0.1) is 0 Å². The van der Waals surface area contributed by atoms with Crippen LogP contribution in [0.1, 0.15) is 42.5 Å². The van der Waals surface area contributed by atoms with Gasteiger partial charge in [-0.15, -0.1) is 0 Å². The predicted molar refractivity (Wildman–Crippen MR) is 112 cm³/mol. The molecule has 1 N–H and O–H groups in total. The van der Waals surface area contributed by atoms with Gasteiger partial charge in [-0.05, 0) is 48.6 Å². The van der Waals surface area contributed by atoms with E-state index in [2.05, 4.69) is 109 Å². The number of benzene rings is 3. The van der Waals surface area contributed by atoms with Crippen LogP contribution >= 0.6 is 0 Å². The zero-order valence-electron chi connectivity index (χ0n) is 15.4. The van der Waals surface area contributed by atoms with Crippen molar-refractivity contribution in [3.63, 3.8) is 0 Å². The van der Waals surface area contributed by atoms with E-state index in [1.807, 2.05) is 0 Å². The SMILES string of the molecule is CC(NCCCC=C(c1ccccc1)c1ccccc1)c1ccccc1. The fourth-order valence-corrected chi connectivity index (χ4v) is 3.16. The molecule has 0 fully saturated rings. The van der Waals surface area contributed by atoms with Gasteiger partial charge in [-0.2, -0.15) is 0 Å². The second kappa shape index (κ2) is 9.74. The van der Waals surface area contributed by atoms with Crippen LogP contribution in [0.15, 0.2) is 97.1 Å². The Labute approximate surface area is 157 Å². The first-order valence-corrected chi connectivity index (χ1v) is 9.44. The van der Waals surface area contributed by atoms with Crippen molar-refractivity contribution in [1.29, 1.82) is 0 Å². The first kappa shape index (κ1) is 18.2. The molecule has 3 aromatic rings. The molecule has 0 heterocycles. The molecule has 3 rings (SSSR count). The monoisotopic (exact) mass is 341 g/mol. The Kier molecular flexibility index (Phi) is 6.80. The first-order valence-electron chi connectivity index (χ1n) is 9.44. The molecule has 0 aliphatic carbocycles. The number of allylic oxidation sites excluding steroid dienone is 1. The van der Waals surface area contributed by atoms with E-state index < -0.39 is 0 Å². The van der Waals surface area contributed by atoms with Crippen molar-refractivity contribution in [2.24, 2.45) is 0 Å². The smallest absolute Gasteiger partial charge is 0.0291 e. The molecule has 1 nitrogen and oxygen atoms in total. The molecule has 0 aromatic heterocycles. The third-order valence-corrected chi connectivity index (χ3v) is 4.65. The average molecular weight is 341 g/mol. The van der Waals surface area contributed by atoms with Crippen LogP contribution in [0.4, 0.5) is 0 Å². The summed E-state index contributed by atoms with van der Waals surface area (Å²) in [6, 6.07) is 32.3. The van der Waals surface area contributed by atoms with E-state index in [4.69, 9.17) is 0 Å². The topological polar surface area (TPSA) is 12.0 Å². The van der Waals surface area contributed by atoms with Crippen molar-refractivity contribution in [2.45, 2.75) is 25.8 Å². The van der Waals surface area contributed by atoms with Gasteiger partial charge >= 0.3 is 0 Å². The molecule has 0 saturated heterocycles. The lowest BCUT2D eigenvalue weighted by molar-refractivity contribution is 0.561. The maximum Gasteiger partial charge on any atom is 0.0291 e. The Morgan fingerprint density at radius 3 is 1.81 bits per heavy atom. The van der Waals surface area contributed by atoms with Gasteiger partial charge in [0.05, 0.1) is 0 Å². The summed E-state index contributed by atoms with van der Waals surface area (Å²) < 4.78 is 0.